The van der Waals surface area contributed by atoms with E-state index in [-0.39, 0.29) is 12.4 Å². The molecule has 0 aliphatic carbocycles. The van der Waals surface area contributed by atoms with Crippen molar-refractivity contribution < 1.29 is 13.2 Å². The molecule has 0 unspecified atom stereocenters. The van der Waals surface area contributed by atoms with Crippen molar-refractivity contribution in [1.29, 1.82) is 0 Å². The first kappa shape index (κ1) is 21.9. The van der Waals surface area contributed by atoms with Crippen molar-refractivity contribution in [1.82, 2.24) is 15.1 Å². The number of aliphatic imine (C=N–C) groups is 1. The molecule has 0 bridgehead atoms. The minimum atomic E-state index is -2.97. The van der Waals surface area contributed by atoms with Gasteiger partial charge in [0.2, 0.25) is 0 Å². The van der Waals surface area contributed by atoms with Gasteiger partial charge in [-0.1, -0.05) is 23.7 Å². The van der Waals surface area contributed by atoms with E-state index in [1.54, 1.807) is 7.05 Å². The van der Waals surface area contributed by atoms with E-state index in [0.29, 0.717) is 13.2 Å². The van der Waals surface area contributed by atoms with Gasteiger partial charge in [-0.25, -0.2) is 8.42 Å². The van der Waals surface area contributed by atoms with Gasteiger partial charge in [-0.15, -0.1) is 0 Å². The summed E-state index contributed by atoms with van der Waals surface area (Å²) in [6, 6.07) is 7.99. The molecule has 27 heavy (non-hydrogen) atoms. The quantitative estimate of drug-likeness (QED) is 0.388. The standard InChI is InChI=1S/C18H29ClN4O3S/c1-20-18(21-6-11-26-12-13-27(2,24)25)23-9-7-22(8-10-23)15-16-4-3-5-17(19)14-16/h3-5,14H,6-13,15H2,1-2H3,(H,20,21). The van der Waals surface area contributed by atoms with Crippen LogP contribution in [-0.4, -0.2) is 89.2 Å². The molecule has 1 aliphatic heterocycles. The fourth-order valence-corrected chi connectivity index (χ4v) is 3.52. The summed E-state index contributed by atoms with van der Waals surface area (Å²) in [4.78, 5) is 8.97. The van der Waals surface area contributed by atoms with E-state index in [4.69, 9.17) is 16.3 Å². The smallest absolute Gasteiger partial charge is 0.193 e. The SMILES string of the molecule is CN=C(NCCOCCS(C)(=O)=O)N1CCN(Cc2cccc(Cl)c2)CC1. The lowest BCUT2D eigenvalue weighted by molar-refractivity contribution is 0.150. The molecule has 0 radical (unpaired) electrons. The molecule has 152 valence electrons. The fraction of sp³-hybridized carbons (Fsp3) is 0.611. The van der Waals surface area contributed by atoms with Crippen LogP contribution in [0.2, 0.25) is 5.02 Å². The molecule has 7 nitrogen and oxygen atoms in total. The largest absolute Gasteiger partial charge is 0.379 e. The van der Waals surface area contributed by atoms with Crippen molar-refractivity contribution in [2.45, 2.75) is 6.54 Å². The minimum Gasteiger partial charge on any atom is -0.379 e. The molecule has 1 heterocycles. The van der Waals surface area contributed by atoms with Crippen molar-refractivity contribution in [3.8, 4) is 0 Å². The van der Waals surface area contributed by atoms with Crippen LogP contribution in [0.3, 0.4) is 0 Å². The van der Waals surface area contributed by atoms with Crippen LogP contribution in [0.25, 0.3) is 0 Å². The second-order valence-electron chi connectivity index (χ2n) is 6.61. The van der Waals surface area contributed by atoms with E-state index in [1.807, 2.05) is 18.2 Å². The topological polar surface area (TPSA) is 74.2 Å². The van der Waals surface area contributed by atoms with Gasteiger partial charge in [-0.3, -0.25) is 9.89 Å². The van der Waals surface area contributed by atoms with E-state index in [1.165, 1.54) is 11.8 Å². The summed E-state index contributed by atoms with van der Waals surface area (Å²) in [5, 5.41) is 4.05. The van der Waals surface area contributed by atoms with Crippen LogP contribution in [0.5, 0.6) is 0 Å². The normalized spacial score (nSPS) is 16.6. The number of benzene rings is 1. The molecule has 1 N–H and O–H groups in total. The molecule has 1 aromatic carbocycles. The number of hydrogen-bond acceptors (Lipinski definition) is 5. The second-order valence-corrected chi connectivity index (χ2v) is 9.31. The molecule has 1 saturated heterocycles. The van der Waals surface area contributed by atoms with Crippen molar-refractivity contribution in [3.05, 3.63) is 34.9 Å². The molecule has 0 saturated carbocycles. The van der Waals surface area contributed by atoms with Crippen LogP contribution in [0.15, 0.2) is 29.3 Å². The van der Waals surface area contributed by atoms with Gasteiger partial charge >= 0.3 is 0 Å². The maximum absolute atomic E-state index is 11.1. The highest BCUT2D eigenvalue weighted by atomic mass is 35.5. The highest BCUT2D eigenvalue weighted by molar-refractivity contribution is 7.90. The Morgan fingerprint density at radius 2 is 2.00 bits per heavy atom. The molecular formula is C18H29ClN4O3S. The average Bonchev–Trinajstić information content (AvgIpc) is 2.61. The Kier molecular flexibility index (Phi) is 8.82. The lowest BCUT2D eigenvalue weighted by Crippen LogP contribution is -2.52. The maximum Gasteiger partial charge on any atom is 0.193 e. The van der Waals surface area contributed by atoms with Crippen LogP contribution in [0.4, 0.5) is 0 Å². The highest BCUT2D eigenvalue weighted by Crippen LogP contribution is 2.14. The Hall–Kier alpha value is -1.35. The van der Waals surface area contributed by atoms with E-state index in [2.05, 4.69) is 26.2 Å². The Bertz CT molecular complexity index is 719. The molecule has 1 aliphatic rings. The van der Waals surface area contributed by atoms with E-state index in [9.17, 15) is 8.42 Å². The maximum atomic E-state index is 11.1. The molecule has 0 amide bonds. The number of nitrogens with zero attached hydrogens (tertiary/aromatic N) is 3. The van der Waals surface area contributed by atoms with Crippen molar-refractivity contribution in [2.75, 3.05) is 65.0 Å². The molecular weight excluding hydrogens is 388 g/mol. The number of sulfone groups is 1. The number of guanidine groups is 1. The Balaban J connectivity index is 1.67. The summed E-state index contributed by atoms with van der Waals surface area (Å²) in [5.41, 5.74) is 1.23. The minimum absolute atomic E-state index is 0.0519. The molecule has 0 spiro atoms. The van der Waals surface area contributed by atoms with Crippen LogP contribution in [-0.2, 0) is 21.1 Å². The van der Waals surface area contributed by atoms with Gasteiger partial charge in [0, 0.05) is 57.6 Å². The highest BCUT2D eigenvalue weighted by Gasteiger charge is 2.19. The van der Waals surface area contributed by atoms with Crippen LogP contribution >= 0.6 is 11.6 Å². The predicted molar refractivity (Wildman–Crippen MR) is 110 cm³/mol. The Labute approximate surface area is 167 Å². The van der Waals surface area contributed by atoms with E-state index in [0.717, 1.165) is 43.7 Å². The van der Waals surface area contributed by atoms with Crippen molar-refractivity contribution in [3.63, 3.8) is 0 Å². The molecule has 0 atom stereocenters. The summed E-state index contributed by atoms with van der Waals surface area (Å²) in [6.07, 6.45) is 1.21. The predicted octanol–water partition coefficient (Wildman–Crippen LogP) is 1.09. The van der Waals surface area contributed by atoms with Crippen LogP contribution < -0.4 is 5.32 Å². The van der Waals surface area contributed by atoms with E-state index < -0.39 is 9.84 Å². The monoisotopic (exact) mass is 416 g/mol. The van der Waals surface area contributed by atoms with Gasteiger partial charge in [0.1, 0.15) is 9.84 Å². The molecule has 1 aromatic rings. The number of hydrogen-bond donors (Lipinski definition) is 1. The third-order valence-electron chi connectivity index (χ3n) is 4.31. The molecule has 2 rings (SSSR count). The summed E-state index contributed by atoms with van der Waals surface area (Å²) in [5.74, 6) is 0.903. The zero-order valence-corrected chi connectivity index (χ0v) is 17.6. The number of piperazine rings is 1. The van der Waals surface area contributed by atoms with Gasteiger partial charge in [0.15, 0.2) is 5.96 Å². The third-order valence-corrected chi connectivity index (χ3v) is 5.45. The van der Waals surface area contributed by atoms with Gasteiger partial charge in [-0.2, -0.15) is 0 Å². The van der Waals surface area contributed by atoms with Gasteiger partial charge in [0.05, 0.1) is 19.0 Å². The Morgan fingerprint density at radius 3 is 2.63 bits per heavy atom. The van der Waals surface area contributed by atoms with Crippen LogP contribution in [0.1, 0.15) is 5.56 Å². The van der Waals surface area contributed by atoms with Gasteiger partial charge in [-0.05, 0) is 17.7 Å². The summed E-state index contributed by atoms with van der Waals surface area (Å²) in [7, 11) is -1.20. The zero-order chi connectivity index (χ0) is 19.7. The van der Waals surface area contributed by atoms with Crippen LogP contribution in [0, 0.1) is 0 Å². The summed E-state index contributed by atoms with van der Waals surface area (Å²) in [6.45, 7) is 5.87. The third kappa shape index (κ3) is 8.47. The first-order chi connectivity index (χ1) is 12.9. The fourth-order valence-electron chi connectivity index (χ4n) is 2.89. The summed E-state index contributed by atoms with van der Waals surface area (Å²) < 4.78 is 27.5. The van der Waals surface area contributed by atoms with Crippen molar-refractivity contribution in [2.24, 2.45) is 4.99 Å². The number of nitrogens with one attached hydrogen (secondary N) is 1. The molecule has 9 heteroatoms. The lowest BCUT2D eigenvalue weighted by atomic mass is 10.2. The first-order valence-corrected chi connectivity index (χ1v) is 11.5. The second kappa shape index (κ2) is 10.8. The van der Waals surface area contributed by atoms with Gasteiger partial charge in [0.25, 0.3) is 0 Å². The van der Waals surface area contributed by atoms with Gasteiger partial charge < -0.3 is 15.0 Å². The number of rotatable bonds is 8. The average molecular weight is 417 g/mol. The number of ether oxygens (including phenoxy) is 1. The van der Waals surface area contributed by atoms with Crippen molar-refractivity contribution >= 4 is 27.4 Å². The first-order valence-electron chi connectivity index (χ1n) is 9.05. The Morgan fingerprint density at radius 1 is 1.26 bits per heavy atom. The summed E-state index contributed by atoms with van der Waals surface area (Å²) >= 11 is 6.06. The lowest BCUT2D eigenvalue weighted by Gasteiger charge is -2.36. The zero-order valence-electron chi connectivity index (χ0n) is 16.0. The molecule has 0 aromatic heterocycles. The molecule has 1 fully saturated rings. The number of halogens is 1. The van der Waals surface area contributed by atoms with E-state index >= 15 is 0 Å².